The summed E-state index contributed by atoms with van der Waals surface area (Å²) in [5.74, 6) is 0. The summed E-state index contributed by atoms with van der Waals surface area (Å²) in [6.07, 6.45) is 6.83. The molecule has 2 aliphatic rings. The average Bonchev–Trinajstić information content (AvgIpc) is 2.56. The molecule has 0 atom stereocenters. The van der Waals surface area contributed by atoms with Crippen LogP contribution in [0.1, 0.15) is 11.1 Å². The Morgan fingerprint density at radius 1 is 1.08 bits per heavy atom. The van der Waals surface area contributed by atoms with E-state index < -0.39 is 0 Å². The quantitative estimate of drug-likeness (QED) is 0.591. The first-order valence-electron chi connectivity index (χ1n) is 4.48. The molecule has 1 aliphatic carbocycles. The van der Waals surface area contributed by atoms with Crippen LogP contribution in [0.15, 0.2) is 41.3 Å². The van der Waals surface area contributed by atoms with Gasteiger partial charge in [0.25, 0.3) is 0 Å². The van der Waals surface area contributed by atoms with Crippen LogP contribution in [-0.4, -0.2) is 19.3 Å². The van der Waals surface area contributed by atoms with Crippen molar-refractivity contribution < 1.29 is 0 Å². The van der Waals surface area contributed by atoms with E-state index in [2.05, 4.69) is 47.7 Å². The molecule has 1 heteroatoms. The van der Waals surface area contributed by atoms with Gasteiger partial charge in [0.1, 0.15) is 0 Å². The fourth-order valence-corrected chi connectivity index (χ4v) is 4.29. The number of rotatable bonds is 0. The Morgan fingerprint density at radius 2 is 2.00 bits per heavy atom. The van der Waals surface area contributed by atoms with Crippen LogP contribution >= 0.6 is 0 Å². The van der Waals surface area contributed by atoms with Crippen molar-refractivity contribution in [2.45, 2.75) is 0 Å². The molecule has 0 amide bonds. The van der Waals surface area contributed by atoms with E-state index in [4.69, 9.17) is 0 Å². The monoisotopic (exact) mass is 227 g/mol. The van der Waals surface area contributed by atoms with E-state index in [-0.39, 0.29) is 15.0 Å². The minimum atomic E-state index is -0.264. The van der Waals surface area contributed by atoms with Crippen molar-refractivity contribution in [3.63, 3.8) is 0 Å². The van der Waals surface area contributed by atoms with Crippen molar-refractivity contribution in [3.8, 4) is 0 Å². The van der Waals surface area contributed by atoms with E-state index in [9.17, 15) is 0 Å². The molecule has 0 aromatic heterocycles. The Balaban J connectivity index is 2.27. The zero-order chi connectivity index (χ0) is 8.67. The molecule has 0 spiro atoms. The van der Waals surface area contributed by atoms with Crippen LogP contribution in [0.4, 0.5) is 0 Å². The zero-order valence-corrected chi connectivity index (χ0v) is 9.62. The molecule has 0 bridgehead atoms. The second-order valence-corrected chi connectivity index (χ2v) is 6.13. The molecule has 1 aromatic rings. The van der Waals surface area contributed by atoms with Crippen LogP contribution in [0.25, 0.3) is 5.57 Å². The minimum absolute atomic E-state index is 0.264. The van der Waals surface area contributed by atoms with E-state index >= 15 is 0 Å². The number of benzene rings is 1. The van der Waals surface area contributed by atoms with Crippen molar-refractivity contribution in [1.82, 2.24) is 0 Å². The molecule has 0 nitrogen and oxygen atoms in total. The first-order valence-corrected chi connectivity index (χ1v) is 7.09. The molecule has 0 unspecified atom stereocenters. The molecule has 3 rings (SSSR count). The van der Waals surface area contributed by atoms with Gasteiger partial charge in [-0.2, -0.15) is 0 Å². The van der Waals surface area contributed by atoms with Crippen molar-refractivity contribution in [2.75, 3.05) is 0 Å². The Morgan fingerprint density at radius 3 is 3.00 bits per heavy atom. The van der Waals surface area contributed by atoms with Crippen LogP contribution < -0.4 is 0 Å². The van der Waals surface area contributed by atoms with Crippen LogP contribution in [0.3, 0.4) is 0 Å². The van der Waals surface area contributed by atoms with Crippen molar-refractivity contribution in [1.29, 1.82) is 0 Å². The molecule has 0 fully saturated rings. The zero-order valence-electron chi connectivity index (χ0n) is 7.20. The standard InChI is InChI=1S/C12H9Ge/c1-2-5-10-9(4-1)8-12-11(10)6-3-7-13-12/h1-8,13H. The second kappa shape index (κ2) is 2.81. The second-order valence-electron chi connectivity index (χ2n) is 3.32. The fraction of sp³-hybridized carbons (Fsp3) is 0. The van der Waals surface area contributed by atoms with Crippen LogP contribution in [0, 0.1) is 6.42 Å². The van der Waals surface area contributed by atoms with E-state index in [0.717, 1.165) is 0 Å². The molecular formula is C12H9Ge. The van der Waals surface area contributed by atoms with Crippen LogP contribution in [0.5, 0.6) is 0 Å². The Bertz CT molecular complexity index is 450. The summed E-state index contributed by atoms with van der Waals surface area (Å²) < 4.78 is 1.62. The van der Waals surface area contributed by atoms with Gasteiger partial charge in [0.15, 0.2) is 0 Å². The van der Waals surface area contributed by atoms with Crippen LogP contribution in [-0.2, 0) is 0 Å². The molecule has 13 heavy (non-hydrogen) atoms. The predicted octanol–water partition coefficient (Wildman–Crippen LogP) is 1.77. The summed E-state index contributed by atoms with van der Waals surface area (Å²) in [5.41, 5.74) is 4.32. The number of hydrogen-bond acceptors (Lipinski definition) is 0. The van der Waals surface area contributed by atoms with Gasteiger partial charge in [0.2, 0.25) is 0 Å². The Hall–Kier alpha value is -0.887. The molecule has 1 aliphatic heterocycles. The normalized spacial score (nSPS) is 17.5. The van der Waals surface area contributed by atoms with Crippen LogP contribution in [0.2, 0.25) is 0 Å². The molecule has 1 aromatic carbocycles. The van der Waals surface area contributed by atoms with Gasteiger partial charge in [-0.15, -0.1) is 0 Å². The number of hydrogen-bond donors (Lipinski definition) is 0. The summed E-state index contributed by atoms with van der Waals surface area (Å²) in [5, 5.41) is 0. The van der Waals surface area contributed by atoms with E-state index in [1.54, 1.807) is 4.35 Å². The van der Waals surface area contributed by atoms with Gasteiger partial charge in [0.05, 0.1) is 0 Å². The third-order valence-electron chi connectivity index (χ3n) is 2.52. The van der Waals surface area contributed by atoms with Gasteiger partial charge in [-0.25, -0.2) is 0 Å². The summed E-state index contributed by atoms with van der Waals surface area (Å²) in [6, 6.07) is 8.67. The van der Waals surface area contributed by atoms with E-state index in [1.165, 1.54) is 16.7 Å². The first-order chi connectivity index (χ1) is 6.45. The molecule has 0 N–H and O–H groups in total. The molecule has 61 valence electrons. The van der Waals surface area contributed by atoms with Gasteiger partial charge in [-0.1, -0.05) is 0 Å². The summed E-state index contributed by atoms with van der Waals surface area (Å²) in [6.45, 7) is 0. The van der Waals surface area contributed by atoms with E-state index in [1.807, 2.05) is 0 Å². The van der Waals surface area contributed by atoms with Gasteiger partial charge < -0.3 is 0 Å². The molecule has 0 saturated carbocycles. The molecule has 1 radical (unpaired) electrons. The third kappa shape index (κ3) is 1.09. The van der Waals surface area contributed by atoms with Gasteiger partial charge in [-0.3, -0.25) is 0 Å². The topological polar surface area (TPSA) is 0 Å². The number of allylic oxidation sites excluding steroid dienone is 3. The summed E-state index contributed by atoms with van der Waals surface area (Å²) in [4.78, 5) is 2.37. The summed E-state index contributed by atoms with van der Waals surface area (Å²) in [7, 11) is 0. The first kappa shape index (κ1) is 7.51. The number of fused-ring (bicyclic) bond motifs is 3. The fourth-order valence-electron chi connectivity index (χ4n) is 1.90. The molecule has 0 saturated heterocycles. The average molecular weight is 226 g/mol. The van der Waals surface area contributed by atoms with Crippen molar-refractivity contribution in [2.24, 2.45) is 0 Å². The van der Waals surface area contributed by atoms with Crippen molar-refractivity contribution >= 4 is 24.9 Å². The van der Waals surface area contributed by atoms with Gasteiger partial charge >= 0.3 is 83.8 Å². The van der Waals surface area contributed by atoms with Gasteiger partial charge in [-0.05, 0) is 0 Å². The Kier molecular flexibility index (Phi) is 1.62. The van der Waals surface area contributed by atoms with E-state index in [0.29, 0.717) is 0 Å². The third-order valence-corrected chi connectivity index (χ3v) is 5.15. The predicted molar refractivity (Wildman–Crippen MR) is 59.1 cm³/mol. The maximum atomic E-state index is 2.37. The molecule has 1 heterocycles. The van der Waals surface area contributed by atoms with Crippen molar-refractivity contribution in [3.05, 3.63) is 58.9 Å². The van der Waals surface area contributed by atoms with Gasteiger partial charge in [0, 0.05) is 0 Å². The Labute approximate surface area is 84.0 Å². The maximum absolute atomic E-state index is 2.37. The molecular weight excluding hydrogens is 217 g/mol. The summed E-state index contributed by atoms with van der Waals surface area (Å²) >= 11 is -0.264. The SMILES string of the molecule is [CH]1[C]2=[GeH][CH]=CC=C2c2ccccc21.